The molecule has 2 aromatic rings. The fourth-order valence-electron chi connectivity index (χ4n) is 1.43. The lowest BCUT2D eigenvalue weighted by atomic mass is 10.3. The molecule has 0 radical (unpaired) electrons. The number of benzene rings is 1. The van der Waals surface area contributed by atoms with Gasteiger partial charge in [0.05, 0.1) is 23.3 Å². The predicted molar refractivity (Wildman–Crippen MR) is 68.9 cm³/mol. The Morgan fingerprint density at radius 3 is 2.44 bits per heavy atom. The van der Waals surface area contributed by atoms with Gasteiger partial charge >= 0.3 is 0 Å². The summed E-state index contributed by atoms with van der Waals surface area (Å²) in [6.45, 7) is 0.548. The molecule has 0 bridgehead atoms. The Bertz CT molecular complexity index is 610. The van der Waals surface area contributed by atoms with Crippen molar-refractivity contribution in [3.63, 3.8) is 0 Å². The summed E-state index contributed by atoms with van der Waals surface area (Å²) in [5.74, 6) is 0. The molecule has 2 rings (SSSR count). The standard InChI is InChI=1S/C12H13N3O2S/c1-18(16,17)12-4-2-10(3-5-12)15-9-11-8-13-6-7-14-11/h2-8,15H,9H2,1H3. The van der Waals surface area contributed by atoms with E-state index in [1.54, 1.807) is 42.9 Å². The third-order valence-corrected chi connectivity index (χ3v) is 3.50. The Hall–Kier alpha value is -1.95. The Balaban J connectivity index is 2.03. The lowest BCUT2D eigenvalue weighted by molar-refractivity contribution is 0.602. The molecule has 0 fully saturated rings. The Kier molecular flexibility index (Phi) is 3.57. The number of hydrogen-bond donors (Lipinski definition) is 1. The van der Waals surface area contributed by atoms with Crippen LogP contribution < -0.4 is 5.32 Å². The van der Waals surface area contributed by atoms with Gasteiger partial charge in [0.25, 0.3) is 0 Å². The van der Waals surface area contributed by atoms with Crippen molar-refractivity contribution >= 4 is 15.5 Å². The second-order valence-electron chi connectivity index (χ2n) is 3.85. The summed E-state index contributed by atoms with van der Waals surface area (Å²) < 4.78 is 22.6. The number of rotatable bonds is 4. The van der Waals surface area contributed by atoms with E-state index in [0.29, 0.717) is 11.4 Å². The zero-order valence-corrected chi connectivity index (χ0v) is 10.7. The second-order valence-corrected chi connectivity index (χ2v) is 5.86. The van der Waals surface area contributed by atoms with Crippen LogP contribution in [-0.2, 0) is 16.4 Å². The van der Waals surface area contributed by atoms with E-state index in [-0.39, 0.29) is 0 Å². The van der Waals surface area contributed by atoms with Gasteiger partial charge in [0.2, 0.25) is 0 Å². The molecule has 0 spiro atoms. The number of hydrogen-bond acceptors (Lipinski definition) is 5. The Morgan fingerprint density at radius 2 is 1.89 bits per heavy atom. The summed E-state index contributed by atoms with van der Waals surface area (Å²) in [5.41, 5.74) is 1.66. The summed E-state index contributed by atoms with van der Waals surface area (Å²) in [6, 6.07) is 6.61. The van der Waals surface area contributed by atoms with E-state index in [1.165, 1.54) is 6.26 Å². The van der Waals surface area contributed by atoms with Crippen LogP contribution in [0.5, 0.6) is 0 Å². The molecule has 0 atom stereocenters. The van der Waals surface area contributed by atoms with Crippen molar-refractivity contribution < 1.29 is 8.42 Å². The summed E-state index contributed by atoms with van der Waals surface area (Å²) in [7, 11) is -3.14. The first-order valence-electron chi connectivity index (χ1n) is 5.34. The second kappa shape index (κ2) is 5.14. The highest BCUT2D eigenvalue weighted by Gasteiger charge is 2.05. The van der Waals surface area contributed by atoms with Crippen LogP contribution in [0, 0.1) is 0 Å². The summed E-state index contributed by atoms with van der Waals surface area (Å²) >= 11 is 0. The number of aromatic nitrogens is 2. The summed E-state index contributed by atoms with van der Waals surface area (Å²) in [6.07, 6.45) is 6.11. The Labute approximate surface area is 106 Å². The van der Waals surface area contributed by atoms with Crippen molar-refractivity contribution in [3.05, 3.63) is 48.5 Å². The fourth-order valence-corrected chi connectivity index (χ4v) is 2.06. The van der Waals surface area contributed by atoms with E-state index in [0.717, 1.165) is 11.4 Å². The molecule has 1 N–H and O–H groups in total. The average molecular weight is 263 g/mol. The molecule has 18 heavy (non-hydrogen) atoms. The van der Waals surface area contributed by atoms with E-state index in [2.05, 4.69) is 15.3 Å². The molecular weight excluding hydrogens is 250 g/mol. The zero-order valence-electron chi connectivity index (χ0n) is 9.87. The lowest BCUT2D eigenvalue weighted by Crippen LogP contribution is -2.02. The van der Waals surface area contributed by atoms with Gasteiger partial charge in [-0.15, -0.1) is 0 Å². The lowest BCUT2D eigenvalue weighted by Gasteiger charge is -2.06. The monoisotopic (exact) mass is 263 g/mol. The molecule has 0 aliphatic rings. The molecule has 0 saturated heterocycles. The first-order valence-corrected chi connectivity index (χ1v) is 7.24. The topological polar surface area (TPSA) is 72.0 Å². The minimum atomic E-state index is -3.14. The normalized spacial score (nSPS) is 11.2. The predicted octanol–water partition coefficient (Wildman–Crippen LogP) is 1.49. The van der Waals surface area contributed by atoms with Gasteiger partial charge in [-0.05, 0) is 24.3 Å². The molecule has 0 aliphatic carbocycles. The van der Waals surface area contributed by atoms with Gasteiger partial charge in [0, 0.05) is 24.3 Å². The molecule has 1 aromatic heterocycles. The third kappa shape index (κ3) is 3.27. The number of nitrogens with zero attached hydrogens (tertiary/aromatic N) is 2. The van der Waals surface area contributed by atoms with Crippen molar-refractivity contribution in [1.82, 2.24) is 9.97 Å². The molecule has 0 saturated carbocycles. The third-order valence-electron chi connectivity index (χ3n) is 2.37. The minimum absolute atomic E-state index is 0.313. The van der Waals surface area contributed by atoms with Gasteiger partial charge in [-0.3, -0.25) is 9.97 Å². The average Bonchev–Trinajstić information content (AvgIpc) is 2.37. The Morgan fingerprint density at radius 1 is 1.17 bits per heavy atom. The first-order chi connectivity index (χ1) is 8.55. The fraction of sp³-hybridized carbons (Fsp3) is 0.167. The van der Waals surface area contributed by atoms with Crippen LogP contribution in [0.1, 0.15) is 5.69 Å². The van der Waals surface area contributed by atoms with Gasteiger partial charge in [-0.25, -0.2) is 8.42 Å². The van der Waals surface area contributed by atoms with Crippen LogP contribution in [0.25, 0.3) is 0 Å². The van der Waals surface area contributed by atoms with Crippen molar-refractivity contribution in [1.29, 1.82) is 0 Å². The van der Waals surface area contributed by atoms with Crippen LogP contribution in [0.15, 0.2) is 47.8 Å². The van der Waals surface area contributed by atoms with Crippen LogP contribution in [-0.4, -0.2) is 24.6 Å². The maximum atomic E-state index is 11.3. The van der Waals surface area contributed by atoms with Gasteiger partial charge in [0.1, 0.15) is 0 Å². The molecule has 94 valence electrons. The smallest absolute Gasteiger partial charge is 0.175 e. The zero-order chi connectivity index (χ0) is 13.0. The van der Waals surface area contributed by atoms with Gasteiger partial charge in [0.15, 0.2) is 9.84 Å². The maximum absolute atomic E-state index is 11.3. The van der Waals surface area contributed by atoms with E-state index >= 15 is 0 Å². The highest BCUT2D eigenvalue weighted by atomic mass is 32.2. The largest absolute Gasteiger partial charge is 0.379 e. The van der Waals surface area contributed by atoms with E-state index < -0.39 is 9.84 Å². The van der Waals surface area contributed by atoms with Crippen molar-refractivity contribution in [2.45, 2.75) is 11.4 Å². The molecule has 0 aliphatic heterocycles. The number of anilines is 1. The molecule has 0 amide bonds. The van der Waals surface area contributed by atoms with Gasteiger partial charge in [-0.2, -0.15) is 0 Å². The molecule has 1 heterocycles. The quantitative estimate of drug-likeness (QED) is 0.905. The first kappa shape index (κ1) is 12.5. The maximum Gasteiger partial charge on any atom is 0.175 e. The van der Waals surface area contributed by atoms with Gasteiger partial charge < -0.3 is 5.32 Å². The summed E-state index contributed by atoms with van der Waals surface area (Å²) in [4.78, 5) is 8.40. The minimum Gasteiger partial charge on any atom is -0.379 e. The van der Waals surface area contributed by atoms with Crippen LogP contribution in [0.2, 0.25) is 0 Å². The van der Waals surface area contributed by atoms with Crippen LogP contribution in [0.4, 0.5) is 5.69 Å². The van der Waals surface area contributed by atoms with E-state index in [1.807, 2.05) is 0 Å². The van der Waals surface area contributed by atoms with Crippen LogP contribution >= 0.6 is 0 Å². The highest BCUT2D eigenvalue weighted by molar-refractivity contribution is 7.90. The molecule has 6 heteroatoms. The van der Waals surface area contributed by atoms with E-state index in [9.17, 15) is 8.42 Å². The number of sulfone groups is 1. The molecule has 5 nitrogen and oxygen atoms in total. The molecule has 1 aromatic carbocycles. The summed E-state index contributed by atoms with van der Waals surface area (Å²) in [5, 5.41) is 3.14. The van der Waals surface area contributed by atoms with Crippen molar-refractivity contribution in [3.8, 4) is 0 Å². The van der Waals surface area contributed by atoms with Crippen LogP contribution in [0.3, 0.4) is 0 Å². The number of nitrogens with one attached hydrogen (secondary N) is 1. The molecule has 0 unspecified atom stereocenters. The van der Waals surface area contributed by atoms with Crippen molar-refractivity contribution in [2.75, 3.05) is 11.6 Å². The highest BCUT2D eigenvalue weighted by Crippen LogP contribution is 2.14. The molecular formula is C12H13N3O2S. The van der Waals surface area contributed by atoms with E-state index in [4.69, 9.17) is 0 Å². The SMILES string of the molecule is CS(=O)(=O)c1ccc(NCc2cnccn2)cc1. The van der Waals surface area contributed by atoms with Gasteiger partial charge in [-0.1, -0.05) is 0 Å². The van der Waals surface area contributed by atoms with Crippen molar-refractivity contribution in [2.24, 2.45) is 0 Å².